The fourth-order valence-electron chi connectivity index (χ4n) is 3.54. The lowest BCUT2D eigenvalue weighted by Crippen LogP contribution is -2.17. The third-order valence-corrected chi connectivity index (χ3v) is 5.26. The second-order valence-electron chi connectivity index (χ2n) is 7.56. The molecule has 4 aromatic rings. The van der Waals surface area contributed by atoms with Crippen molar-refractivity contribution in [1.29, 1.82) is 0 Å². The summed E-state index contributed by atoms with van der Waals surface area (Å²) in [4.78, 5) is 8.00. The number of imidazole rings is 1. The zero-order valence-electron chi connectivity index (χ0n) is 18.2. The fourth-order valence-corrected chi connectivity index (χ4v) is 3.54. The third kappa shape index (κ3) is 5.44. The average Bonchev–Trinajstić information content (AvgIpc) is 3.20. The monoisotopic (exact) mass is 415 g/mol. The quantitative estimate of drug-likeness (QED) is 0.350. The Labute approximate surface area is 183 Å². The Morgan fingerprint density at radius 1 is 0.935 bits per heavy atom. The molecule has 0 aliphatic carbocycles. The minimum absolute atomic E-state index is 0.530. The van der Waals surface area contributed by atoms with Crippen molar-refractivity contribution in [1.82, 2.24) is 15.3 Å². The number of benzene rings is 3. The number of aromatic amines is 1. The summed E-state index contributed by atoms with van der Waals surface area (Å²) < 4.78 is 11.9. The molecule has 0 amide bonds. The molecule has 0 aliphatic rings. The van der Waals surface area contributed by atoms with E-state index >= 15 is 0 Å². The normalized spacial score (nSPS) is 11.0. The van der Waals surface area contributed by atoms with Gasteiger partial charge in [-0.1, -0.05) is 42.5 Å². The minimum atomic E-state index is 0.530. The molecule has 0 radical (unpaired) electrons. The first-order valence-electron chi connectivity index (χ1n) is 10.8. The van der Waals surface area contributed by atoms with E-state index in [9.17, 15) is 0 Å². The van der Waals surface area contributed by atoms with Gasteiger partial charge in [-0.3, -0.25) is 0 Å². The molecule has 0 unspecified atom stereocenters. The number of ether oxygens (including phenoxy) is 2. The maximum absolute atomic E-state index is 6.07. The summed E-state index contributed by atoms with van der Waals surface area (Å²) in [6.07, 6.45) is 0.852. The van der Waals surface area contributed by atoms with Crippen LogP contribution in [0, 0.1) is 6.92 Å². The summed E-state index contributed by atoms with van der Waals surface area (Å²) in [6, 6.07) is 22.5. The van der Waals surface area contributed by atoms with Gasteiger partial charge in [-0.05, 0) is 54.8 Å². The number of aromatic nitrogens is 2. The van der Waals surface area contributed by atoms with Crippen molar-refractivity contribution in [2.45, 2.75) is 33.4 Å². The van der Waals surface area contributed by atoms with Gasteiger partial charge in [0.1, 0.15) is 12.4 Å². The second-order valence-corrected chi connectivity index (χ2v) is 7.56. The molecule has 0 bridgehead atoms. The smallest absolute Gasteiger partial charge is 0.161 e. The number of nitrogens with one attached hydrogen (secondary N) is 2. The van der Waals surface area contributed by atoms with Gasteiger partial charge in [0.05, 0.1) is 17.6 Å². The van der Waals surface area contributed by atoms with Crippen molar-refractivity contribution < 1.29 is 9.47 Å². The molecule has 4 rings (SSSR count). The Kier molecular flexibility index (Phi) is 6.85. The van der Waals surface area contributed by atoms with Crippen LogP contribution in [0.25, 0.3) is 11.0 Å². The van der Waals surface area contributed by atoms with Gasteiger partial charge in [-0.2, -0.15) is 0 Å². The first kappa shape index (κ1) is 20.9. The molecule has 0 aliphatic heterocycles. The van der Waals surface area contributed by atoms with Crippen LogP contribution >= 0.6 is 0 Å². The zero-order valence-corrected chi connectivity index (χ0v) is 18.2. The highest BCUT2D eigenvalue weighted by Gasteiger charge is 2.08. The van der Waals surface area contributed by atoms with E-state index < -0.39 is 0 Å². The van der Waals surface area contributed by atoms with Gasteiger partial charge in [-0.15, -0.1) is 0 Å². The number of hydrogen-bond donors (Lipinski definition) is 2. The molecule has 0 fully saturated rings. The van der Waals surface area contributed by atoms with Crippen LogP contribution in [0.1, 0.15) is 29.4 Å². The number of H-pyrrole nitrogens is 1. The first-order valence-corrected chi connectivity index (χ1v) is 10.8. The van der Waals surface area contributed by atoms with Gasteiger partial charge in [0.15, 0.2) is 11.5 Å². The van der Waals surface area contributed by atoms with Gasteiger partial charge in [-0.25, -0.2) is 4.98 Å². The van der Waals surface area contributed by atoms with E-state index in [1.807, 2.05) is 43.3 Å². The largest absolute Gasteiger partial charge is 0.490 e. The molecular weight excluding hydrogens is 386 g/mol. The van der Waals surface area contributed by atoms with Crippen LogP contribution in [-0.2, 0) is 19.6 Å². The van der Waals surface area contributed by atoms with Crippen molar-refractivity contribution in [2.24, 2.45) is 0 Å². The fraction of sp³-hybridized carbons (Fsp3) is 0.269. The number of hydrogen-bond acceptors (Lipinski definition) is 4. The highest BCUT2D eigenvalue weighted by Crippen LogP contribution is 2.29. The number of rotatable bonds is 10. The van der Waals surface area contributed by atoms with E-state index in [2.05, 4.69) is 52.5 Å². The van der Waals surface area contributed by atoms with Crippen LogP contribution in [0.5, 0.6) is 11.5 Å². The second kappa shape index (κ2) is 10.1. The Balaban J connectivity index is 1.32. The lowest BCUT2D eigenvalue weighted by Gasteiger charge is -2.14. The maximum atomic E-state index is 6.07. The van der Waals surface area contributed by atoms with Crippen LogP contribution in [0.15, 0.2) is 66.7 Å². The summed E-state index contributed by atoms with van der Waals surface area (Å²) in [5.41, 5.74) is 5.67. The Morgan fingerprint density at radius 3 is 2.61 bits per heavy atom. The number of nitrogens with zero attached hydrogens (tertiary/aromatic N) is 1. The molecule has 1 aromatic heterocycles. The summed E-state index contributed by atoms with van der Waals surface area (Å²) >= 11 is 0. The third-order valence-electron chi connectivity index (χ3n) is 5.26. The molecule has 0 spiro atoms. The molecule has 5 nitrogen and oxygen atoms in total. The molecule has 1 heterocycles. The molecule has 0 saturated carbocycles. The summed E-state index contributed by atoms with van der Waals surface area (Å²) in [6.45, 7) is 6.82. The van der Waals surface area contributed by atoms with E-state index in [4.69, 9.17) is 9.47 Å². The van der Waals surface area contributed by atoms with E-state index in [0.29, 0.717) is 13.2 Å². The van der Waals surface area contributed by atoms with Crippen molar-refractivity contribution in [3.8, 4) is 11.5 Å². The molecule has 0 saturated heterocycles. The molecule has 0 atom stereocenters. The molecule has 3 aromatic carbocycles. The van der Waals surface area contributed by atoms with Crippen molar-refractivity contribution >= 4 is 11.0 Å². The van der Waals surface area contributed by atoms with Crippen LogP contribution in [0.3, 0.4) is 0 Å². The Hall–Kier alpha value is -3.31. The van der Waals surface area contributed by atoms with Gasteiger partial charge >= 0.3 is 0 Å². The highest BCUT2D eigenvalue weighted by atomic mass is 16.5. The first-order chi connectivity index (χ1) is 15.2. The molecule has 31 heavy (non-hydrogen) atoms. The Morgan fingerprint density at radius 2 is 1.77 bits per heavy atom. The highest BCUT2D eigenvalue weighted by molar-refractivity contribution is 5.74. The van der Waals surface area contributed by atoms with Crippen LogP contribution in [0.2, 0.25) is 0 Å². The van der Waals surface area contributed by atoms with Crippen molar-refractivity contribution in [2.75, 3.05) is 13.2 Å². The van der Waals surface area contributed by atoms with Gasteiger partial charge < -0.3 is 19.8 Å². The molecular formula is C26H29N3O2. The zero-order chi connectivity index (χ0) is 21.5. The summed E-state index contributed by atoms with van der Waals surface area (Å²) in [5, 5.41) is 3.49. The molecule has 160 valence electrons. The SMILES string of the molecule is CCOc1cc(CNCCc2nc3ccccc3[nH]2)ccc1OCc1ccccc1C. The van der Waals surface area contributed by atoms with E-state index in [1.54, 1.807) is 0 Å². The predicted molar refractivity (Wildman–Crippen MR) is 125 cm³/mol. The van der Waals surface area contributed by atoms with E-state index in [-0.39, 0.29) is 0 Å². The van der Waals surface area contributed by atoms with Crippen LogP contribution < -0.4 is 14.8 Å². The summed E-state index contributed by atoms with van der Waals surface area (Å²) in [5.74, 6) is 2.56. The molecule has 2 N–H and O–H groups in total. The van der Waals surface area contributed by atoms with Gasteiger partial charge in [0.2, 0.25) is 0 Å². The summed E-state index contributed by atoms with van der Waals surface area (Å²) in [7, 11) is 0. The topological polar surface area (TPSA) is 59.2 Å². The standard InChI is InChI=1S/C26H29N3O2/c1-3-30-25-16-20(12-13-24(25)31-18-21-9-5-4-8-19(21)2)17-27-15-14-26-28-22-10-6-7-11-23(22)29-26/h4-13,16,27H,3,14-15,17-18H2,1-2H3,(H,28,29). The van der Waals surface area contributed by atoms with Crippen molar-refractivity contribution in [3.63, 3.8) is 0 Å². The van der Waals surface area contributed by atoms with Crippen molar-refractivity contribution in [3.05, 3.63) is 89.2 Å². The number of fused-ring (bicyclic) bond motifs is 1. The number of para-hydroxylation sites is 2. The molecule has 5 heteroatoms. The lowest BCUT2D eigenvalue weighted by molar-refractivity contribution is 0.268. The van der Waals surface area contributed by atoms with E-state index in [0.717, 1.165) is 53.4 Å². The maximum Gasteiger partial charge on any atom is 0.161 e. The van der Waals surface area contributed by atoms with Crippen LogP contribution in [-0.4, -0.2) is 23.1 Å². The predicted octanol–water partition coefficient (Wildman–Crippen LogP) is 5.18. The average molecular weight is 416 g/mol. The number of aryl methyl sites for hydroxylation is 1. The minimum Gasteiger partial charge on any atom is -0.490 e. The Bertz CT molecular complexity index is 1100. The van der Waals surface area contributed by atoms with Gasteiger partial charge in [0.25, 0.3) is 0 Å². The van der Waals surface area contributed by atoms with Crippen LogP contribution in [0.4, 0.5) is 0 Å². The van der Waals surface area contributed by atoms with Gasteiger partial charge in [0, 0.05) is 19.5 Å². The van der Waals surface area contributed by atoms with E-state index in [1.165, 1.54) is 11.1 Å². The lowest BCUT2D eigenvalue weighted by atomic mass is 10.1.